The molecule has 3 N–H and O–H groups in total. The molecule has 0 fully saturated rings. The Morgan fingerprint density at radius 2 is 1.74 bits per heavy atom. The quantitative estimate of drug-likeness (QED) is 0.669. The van der Waals surface area contributed by atoms with Crippen molar-refractivity contribution in [1.82, 2.24) is 5.32 Å². The van der Waals surface area contributed by atoms with E-state index in [1.807, 2.05) is 18.2 Å². The van der Waals surface area contributed by atoms with E-state index in [-0.39, 0.29) is 17.7 Å². The summed E-state index contributed by atoms with van der Waals surface area (Å²) in [6, 6.07) is 16.9. The molecule has 6 heteroatoms. The largest absolute Gasteiger partial charge is 0.435 e. The molecule has 0 aliphatic carbocycles. The maximum absolute atomic E-state index is 12.1. The average Bonchev–Trinajstić information content (AvgIpc) is 2.63. The lowest BCUT2D eigenvalue weighted by Crippen LogP contribution is -2.88. The number of hydrogen-bond acceptors (Lipinski definition) is 2. The lowest BCUT2D eigenvalue weighted by atomic mass is 9.96. The summed E-state index contributed by atoms with van der Waals surface area (Å²) in [7, 11) is 0. The van der Waals surface area contributed by atoms with Crippen molar-refractivity contribution >= 4 is 5.91 Å². The van der Waals surface area contributed by atoms with Crippen LogP contribution in [0.5, 0.6) is 5.75 Å². The zero-order chi connectivity index (χ0) is 19.6. The number of nitrogens with two attached hydrogens (primary N) is 1. The third kappa shape index (κ3) is 7.35. The van der Waals surface area contributed by atoms with Crippen LogP contribution in [0.3, 0.4) is 0 Å². The van der Waals surface area contributed by atoms with Crippen LogP contribution < -0.4 is 15.4 Å². The first kappa shape index (κ1) is 20.8. The molecule has 4 nitrogen and oxygen atoms in total. The van der Waals surface area contributed by atoms with Gasteiger partial charge in [-0.1, -0.05) is 56.3 Å². The molecular weight excluding hydrogens is 350 g/mol. The minimum atomic E-state index is -2.82. The fourth-order valence-electron chi connectivity index (χ4n) is 2.96. The predicted molar refractivity (Wildman–Crippen MR) is 101 cm³/mol. The van der Waals surface area contributed by atoms with E-state index in [0.717, 1.165) is 5.56 Å². The third-order valence-electron chi connectivity index (χ3n) is 4.34. The number of rotatable bonds is 10. The number of ether oxygens (including phenoxy) is 1. The van der Waals surface area contributed by atoms with Crippen LogP contribution in [0, 0.1) is 5.92 Å². The van der Waals surface area contributed by atoms with Gasteiger partial charge in [0.15, 0.2) is 6.54 Å². The molecule has 1 atom stereocenters. The smallest absolute Gasteiger partial charge is 0.387 e. The highest BCUT2D eigenvalue weighted by Crippen LogP contribution is 2.17. The molecule has 0 aromatic heterocycles. The van der Waals surface area contributed by atoms with Gasteiger partial charge in [-0.05, 0) is 24.1 Å². The van der Waals surface area contributed by atoms with Gasteiger partial charge in [-0.15, -0.1) is 0 Å². The number of halogens is 2. The standard InChI is InChI=1S/C21H26F2N2O2/c1-15(2)20(17-6-4-3-5-7-17)25-14-19(26)24-13-12-16-8-10-18(11-9-16)27-21(22)23/h3-11,15,20-21,25H,12-14H2,1-2H3,(H,24,26)/p+1/t20-/m1/s1. The van der Waals surface area contributed by atoms with Gasteiger partial charge in [-0.25, -0.2) is 0 Å². The van der Waals surface area contributed by atoms with Crippen molar-refractivity contribution in [2.24, 2.45) is 5.92 Å². The number of hydrogen-bond donors (Lipinski definition) is 2. The van der Waals surface area contributed by atoms with E-state index >= 15 is 0 Å². The summed E-state index contributed by atoms with van der Waals surface area (Å²) in [6.07, 6.45) is 0.632. The highest BCUT2D eigenvalue weighted by atomic mass is 19.3. The Hall–Kier alpha value is -2.47. The number of amides is 1. The molecule has 0 saturated heterocycles. The van der Waals surface area contributed by atoms with E-state index in [1.54, 1.807) is 12.1 Å². The van der Waals surface area contributed by atoms with E-state index in [0.29, 0.717) is 25.4 Å². The first-order valence-corrected chi connectivity index (χ1v) is 9.14. The van der Waals surface area contributed by atoms with E-state index in [4.69, 9.17) is 0 Å². The zero-order valence-electron chi connectivity index (χ0n) is 15.7. The van der Waals surface area contributed by atoms with Gasteiger partial charge in [0.1, 0.15) is 11.8 Å². The molecule has 0 saturated carbocycles. The Bertz CT molecular complexity index is 691. The van der Waals surface area contributed by atoms with E-state index in [1.165, 1.54) is 17.7 Å². The third-order valence-corrected chi connectivity index (χ3v) is 4.34. The summed E-state index contributed by atoms with van der Waals surface area (Å²) < 4.78 is 28.6. The molecule has 0 aliphatic heterocycles. The minimum Gasteiger partial charge on any atom is -0.435 e. The fourth-order valence-corrected chi connectivity index (χ4v) is 2.96. The zero-order valence-corrected chi connectivity index (χ0v) is 15.7. The number of carbonyl (C=O) groups is 1. The SMILES string of the molecule is CC(C)[C@@H]([NH2+]CC(=O)NCCc1ccc(OC(F)F)cc1)c1ccccc1. The summed E-state index contributed by atoms with van der Waals surface area (Å²) in [6.45, 7) is 2.33. The lowest BCUT2D eigenvalue weighted by molar-refractivity contribution is -0.692. The van der Waals surface area contributed by atoms with Crippen molar-refractivity contribution in [1.29, 1.82) is 0 Å². The Morgan fingerprint density at radius 3 is 2.33 bits per heavy atom. The second-order valence-electron chi connectivity index (χ2n) is 6.74. The molecule has 0 unspecified atom stereocenters. The van der Waals surface area contributed by atoms with E-state index in [2.05, 4.69) is 41.4 Å². The van der Waals surface area contributed by atoms with Crippen LogP contribution >= 0.6 is 0 Å². The minimum absolute atomic E-state index is 0.0192. The topological polar surface area (TPSA) is 54.9 Å². The van der Waals surface area contributed by atoms with Crippen molar-refractivity contribution in [3.05, 3.63) is 65.7 Å². The van der Waals surface area contributed by atoms with Crippen molar-refractivity contribution in [3.8, 4) is 5.75 Å². The lowest BCUT2D eigenvalue weighted by Gasteiger charge is -2.19. The molecule has 0 spiro atoms. The summed E-state index contributed by atoms with van der Waals surface area (Å²) in [4.78, 5) is 12.1. The van der Waals surface area contributed by atoms with Gasteiger partial charge in [-0.3, -0.25) is 4.79 Å². The van der Waals surface area contributed by atoms with Gasteiger partial charge < -0.3 is 15.4 Å². The van der Waals surface area contributed by atoms with Crippen molar-refractivity contribution in [2.75, 3.05) is 13.1 Å². The van der Waals surface area contributed by atoms with Crippen LogP contribution in [-0.4, -0.2) is 25.6 Å². The molecule has 27 heavy (non-hydrogen) atoms. The first-order valence-electron chi connectivity index (χ1n) is 9.14. The highest BCUT2D eigenvalue weighted by Gasteiger charge is 2.19. The predicted octanol–water partition coefficient (Wildman–Crippen LogP) is 2.91. The monoisotopic (exact) mass is 377 g/mol. The molecule has 1 amide bonds. The molecule has 0 aliphatic rings. The number of nitrogens with one attached hydrogen (secondary N) is 1. The molecule has 0 radical (unpaired) electrons. The van der Waals surface area contributed by atoms with Crippen molar-refractivity contribution < 1.29 is 23.6 Å². The molecule has 0 bridgehead atoms. The van der Waals surface area contributed by atoms with Crippen LogP contribution in [-0.2, 0) is 11.2 Å². The number of carbonyl (C=O) groups excluding carboxylic acids is 1. The van der Waals surface area contributed by atoms with Gasteiger partial charge in [-0.2, -0.15) is 8.78 Å². The second-order valence-corrected chi connectivity index (χ2v) is 6.74. The Balaban J connectivity index is 1.74. The van der Waals surface area contributed by atoms with Gasteiger partial charge >= 0.3 is 6.61 Å². The van der Waals surface area contributed by atoms with E-state index < -0.39 is 6.61 Å². The number of alkyl halides is 2. The molecular formula is C21H27F2N2O2+. The van der Waals surface area contributed by atoms with Crippen LogP contribution in [0.4, 0.5) is 8.78 Å². The first-order chi connectivity index (χ1) is 13.0. The Morgan fingerprint density at radius 1 is 1.07 bits per heavy atom. The molecule has 2 aromatic carbocycles. The van der Waals surface area contributed by atoms with Gasteiger partial charge in [0.2, 0.25) is 0 Å². The molecule has 2 rings (SSSR count). The van der Waals surface area contributed by atoms with Crippen LogP contribution in [0.25, 0.3) is 0 Å². The highest BCUT2D eigenvalue weighted by molar-refractivity contribution is 5.76. The summed E-state index contributed by atoms with van der Waals surface area (Å²) in [5, 5.41) is 4.96. The van der Waals surface area contributed by atoms with Crippen molar-refractivity contribution in [2.45, 2.75) is 32.9 Å². The van der Waals surface area contributed by atoms with Gasteiger partial charge in [0, 0.05) is 18.0 Å². The second kappa shape index (κ2) is 10.6. The van der Waals surface area contributed by atoms with Gasteiger partial charge in [0.05, 0.1) is 0 Å². The van der Waals surface area contributed by atoms with Crippen molar-refractivity contribution in [3.63, 3.8) is 0 Å². The number of benzene rings is 2. The fraction of sp³-hybridized carbons (Fsp3) is 0.381. The van der Waals surface area contributed by atoms with Crippen LogP contribution in [0.2, 0.25) is 0 Å². The molecule has 2 aromatic rings. The van der Waals surface area contributed by atoms with Gasteiger partial charge in [0.25, 0.3) is 5.91 Å². The van der Waals surface area contributed by atoms with Crippen LogP contribution in [0.15, 0.2) is 54.6 Å². The van der Waals surface area contributed by atoms with E-state index in [9.17, 15) is 13.6 Å². The molecule has 146 valence electrons. The normalized spacial score (nSPS) is 12.2. The summed E-state index contributed by atoms with van der Waals surface area (Å²) >= 11 is 0. The summed E-state index contributed by atoms with van der Waals surface area (Å²) in [5.74, 6) is 0.524. The Labute approximate surface area is 158 Å². The van der Waals surface area contributed by atoms with Crippen LogP contribution in [0.1, 0.15) is 31.0 Å². The number of quaternary nitrogens is 1. The maximum Gasteiger partial charge on any atom is 0.387 e. The summed E-state index contributed by atoms with van der Waals surface area (Å²) in [5.41, 5.74) is 2.16. The average molecular weight is 377 g/mol. The maximum atomic E-state index is 12.1. The molecule has 0 heterocycles. The Kier molecular flexibility index (Phi) is 8.20.